The molecule has 0 saturated heterocycles. The van der Waals surface area contributed by atoms with Crippen LogP contribution in [-0.4, -0.2) is 32.9 Å². The van der Waals surface area contributed by atoms with Crippen molar-refractivity contribution >= 4 is 22.8 Å². The second-order valence-corrected chi connectivity index (χ2v) is 6.50. The first-order chi connectivity index (χ1) is 13.1. The van der Waals surface area contributed by atoms with Crippen LogP contribution >= 0.6 is 0 Å². The van der Waals surface area contributed by atoms with Crippen LogP contribution in [0.1, 0.15) is 36.2 Å². The van der Waals surface area contributed by atoms with Crippen LogP contribution in [0, 0.1) is 0 Å². The van der Waals surface area contributed by atoms with Crippen molar-refractivity contribution in [2.75, 3.05) is 0 Å². The summed E-state index contributed by atoms with van der Waals surface area (Å²) in [4.78, 5) is 24.5. The van der Waals surface area contributed by atoms with Gasteiger partial charge in [0.2, 0.25) is 5.91 Å². The van der Waals surface area contributed by atoms with E-state index in [0.717, 1.165) is 23.0 Å². The van der Waals surface area contributed by atoms with Crippen LogP contribution in [0.3, 0.4) is 0 Å². The Kier molecular flexibility index (Phi) is 5.80. The summed E-state index contributed by atoms with van der Waals surface area (Å²) in [5.74, 6) is -0.272. The maximum Gasteiger partial charge on any atom is 0.251 e. The Labute approximate surface area is 157 Å². The SMILES string of the molecule is CCC(C)NC(=O)c1cccc(CNC(=O)Cn2nnc3ccccc32)c1. The number of fused-ring (bicyclic) bond motifs is 1. The average molecular weight is 365 g/mol. The maximum absolute atomic E-state index is 12.3. The van der Waals surface area contributed by atoms with Crippen LogP contribution < -0.4 is 10.6 Å². The molecule has 0 radical (unpaired) electrons. The van der Waals surface area contributed by atoms with E-state index in [9.17, 15) is 9.59 Å². The van der Waals surface area contributed by atoms with Crippen molar-refractivity contribution in [2.24, 2.45) is 0 Å². The molecule has 2 aromatic carbocycles. The number of nitrogens with one attached hydrogen (secondary N) is 2. The Bertz CT molecular complexity index is 950. The third kappa shape index (κ3) is 4.69. The van der Waals surface area contributed by atoms with Crippen LogP contribution in [0.5, 0.6) is 0 Å². The van der Waals surface area contributed by atoms with Crippen LogP contribution in [0.15, 0.2) is 48.5 Å². The fraction of sp³-hybridized carbons (Fsp3) is 0.300. The van der Waals surface area contributed by atoms with Crippen molar-refractivity contribution in [3.63, 3.8) is 0 Å². The van der Waals surface area contributed by atoms with E-state index in [1.807, 2.05) is 50.2 Å². The summed E-state index contributed by atoms with van der Waals surface area (Å²) in [6, 6.07) is 14.9. The molecule has 0 aliphatic rings. The molecule has 0 bridgehead atoms. The zero-order valence-electron chi connectivity index (χ0n) is 15.5. The lowest BCUT2D eigenvalue weighted by atomic mass is 10.1. The van der Waals surface area contributed by atoms with Gasteiger partial charge in [0.05, 0.1) is 5.52 Å². The molecule has 0 spiro atoms. The predicted molar refractivity (Wildman–Crippen MR) is 103 cm³/mol. The van der Waals surface area contributed by atoms with Gasteiger partial charge in [-0.2, -0.15) is 0 Å². The zero-order valence-corrected chi connectivity index (χ0v) is 15.5. The summed E-state index contributed by atoms with van der Waals surface area (Å²) in [7, 11) is 0. The molecule has 1 aromatic heterocycles. The summed E-state index contributed by atoms with van der Waals surface area (Å²) in [5, 5.41) is 13.9. The number of carbonyl (C=O) groups excluding carboxylic acids is 2. The normalized spacial score (nSPS) is 11.9. The van der Waals surface area contributed by atoms with Crippen LogP contribution in [-0.2, 0) is 17.9 Å². The van der Waals surface area contributed by atoms with Gasteiger partial charge in [-0.25, -0.2) is 4.68 Å². The molecule has 1 atom stereocenters. The Morgan fingerprint density at radius 3 is 2.78 bits per heavy atom. The van der Waals surface area contributed by atoms with Crippen LogP contribution in [0.4, 0.5) is 0 Å². The largest absolute Gasteiger partial charge is 0.350 e. The highest BCUT2D eigenvalue weighted by molar-refractivity contribution is 5.94. The molecule has 1 unspecified atom stereocenters. The molecule has 0 saturated carbocycles. The molecule has 7 nitrogen and oxygen atoms in total. The molecular formula is C20H23N5O2. The summed E-state index contributed by atoms with van der Waals surface area (Å²) in [6.07, 6.45) is 0.873. The molecule has 7 heteroatoms. The predicted octanol–water partition coefficient (Wildman–Crippen LogP) is 2.28. The quantitative estimate of drug-likeness (QED) is 0.672. The lowest BCUT2D eigenvalue weighted by Gasteiger charge is -2.12. The molecule has 27 heavy (non-hydrogen) atoms. The number of amides is 2. The molecule has 2 N–H and O–H groups in total. The first-order valence-electron chi connectivity index (χ1n) is 9.01. The number of benzene rings is 2. The molecule has 3 aromatic rings. The Morgan fingerprint density at radius 1 is 1.15 bits per heavy atom. The third-order valence-corrected chi connectivity index (χ3v) is 4.38. The topological polar surface area (TPSA) is 88.9 Å². The molecule has 0 aliphatic carbocycles. The van der Waals surface area contributed by atoms with E-state index in [2.05, 4.69) is 20.9 Å². The van der Waals surface area contributed by atoms with Gasteiger partial charge in [0.25, 0.3) is 5.91 Å². The summed E-state index contributed by atoms with van der Waals surface area (Å²) >= 11 is 0. The van der Waals surface area contributed by atoms with Crippen molar-refractivity contribution < 1.29 is 9.59 Å². The highest BCUT2D eigenvalue weighted by Crippen LogP contribution is 2.10. The van der Waals surface area contributed by atoms with Crippen molar-refractivity contribution in [3.05, 3.63) is 59.7 Å². The number of hydrogen-bond donors (Lipinski definition) is 2. The van der Waals surface area contributed by atoms with Crippen molar-refractivity contribution in [1.82, 2.24) is 25.6 Å². The number of carbonyl (C=O) groups is 2. The minimum absolute atomic E-state index is 0.0920. The highest BCUT2D eigenvalue weighted by atomic mass is 16.2. The van der Waals surface area contributed by atoms with Crippen molar-refractivity contribution in [1.29, 1.82) is 0 Å². The molecular weight excluding hydrogens is 342 g/mol. The fourth-order valence-electron chi connectivity index (χ4n) is 2.66. The van der Waals surface area contributed by atoms with Crippen LogP contribution in [0.2, 0.25) is 0 Å². The lowest BCUT2D eigenvalue weighted by molar-refractivity contribution is -0.121. The van der Waals surface area contributed by atoms with Gasteiger partial charge in [-0.3, -0.25) is 9.59 Å². The van der Waals surface area contributed by atoms with E-state index >= 15 is 0 Å². The van der Waals surface area contributed by atoms with Crippen molar-refractivity contribution in [3.8, 4) is 0 Å². The zero-order chi connectivity index (χ0) is 19.2. The molecule has 3 rings (SSSR count). The van der Waals surface area contributed by atoms with Gasteiger partial charge in [-0.15, -0.1) is 5.10 Å². The van der Waals surface area contributed by atoms with E-state index in [0.29, 0.717) is 12.1 Å². The van der Waals surface area contributed by atoms with Gasteiger partial charge in [0.1, 0.15) is 12.1 Å². The van der Waals surface area contributed by atoms with Gasteiger partial charge >= 0.3 is 0 Å². The van der Waals surface area contributed by atoms with Gasteiger partial charge in [0, 0.05) is 18.2 Å². The number of para-hydroxylation sites is 1. The first-order valence-corrected chi connectivity index (χ1v) is 9.01. The van der Waals surface area contributed by atoms with E-state index in [4.69, 9.17) is 0 Å². The minimum atomic E-state index is -0.167. The fourth-order valence-corrected chi connectivity index (χ4v) is 2.66. The minimum Gasteiger partial charge on any atom is -0.350 e. The van der Waals surface area contributed by atoms with E-state index < -0.39 is 0 Å². The third-order valence-electron chi connectivity index (χ3n) is 4.38. The van der Waals surface area contributed by atoms with Crippen LogP contribution in [0.25, 0.3) is 11.0 Å². The first kappa shape index (κ1) is 18.6. The van der Waals surface area contributed by atoms with Gasteiger partial charge in [-0.1, -0.05) is 36.4 Å². The molecule has 0 fully saturated rings. The smallest absolute Gasteiger partial charge is 0.251 e. The number of nitrogens with zero attached hydrogens (tertiary/aromatic N) is 3. The Hall–Kier alpha value is -3.22. The van der Waals surface area contributed by atoms with E-state index in [-0.39, 0.29) is 24.4 Å². The summed E-state index contributed by atoms with van der Waals surface area (Å²) < 4.78 is 1.57. The number of hydrogen-bond acceptors (Lipinski definition) is 4. The second kappa shape index (κ2) is 8.44. The van der Waals surface area contributed by atoms with Gasteiger partial charge in [0.15, 0.2) is 0 Å². The van der Waals surface area contributed by atoms with Gasteiger partial charge < -0.3 is 10.6 Å². The van der Waals surface area contributed by atoms with E-state index in [1.54, 1.807) is 16.8 Å². The lowest BCUT2D eigenvalue weighted by Crippen LogP contribution is -2.32. The van der Waals surface area contributed by atoms with Crippen molar-refractivity contribution in [2.45, 2.75) is 39.4 Å². The molecule has 2 amide bonds. The van der Waals surface area contributed by atoms with E-state index in [1.165, 1.54) is 0 Å². The maximum atomic E-state index is 12.3. The Balaban J connectivity index is 1.59. The average Bonchev–Trinajstić information content (AvgIpc) is 3.09. The molecule has 140 valence electrons. The summed E-state index contributed by atoms with van der Waals surface area (Å²) in [6.45, 7) is 4.43. The highest BCUT2D eigenvalue weighted by Gasteiger charge is 2.11. The second-order valence-electron chi connectivity index (χ2n) is 6.50. The monoisotopic (exact) mass is 365 g/mol. The standard InChI is InChI=1S/C20H23N5O2/c1-3-14(2)22-20(27)16-8-6-7-15(11-16)12-21-19(26)13-25-18-10-5-4-9-17(18)23-24-25/h4-11,14H,3,12-13H2,1-2H3,(H,21,26)(H,22,27). The molecule has 0 aliphatic heterocycles. The number of rotatable bonds is 7. The summed E-state index contributed by atoms with van der Waals surface area (Å²) in [5.41, 5.74) is 3.02. The molecule has 1 heterocycles. The van der Waals surface area contributed by atoms with Gasteiger partial charge in [-0.05, 0) is 43.2 Å². The number of aromatic nitrogens is 3. The Morgan fingerprint density at radius 2 is 1.96 bits per heavy atom.